The SMILES string of the molecule is CC.NOCc1ccccc1.NOCc1ccccc1. The van der Waals surface area contributed by atoms with Gasteiger partial charge in [-0.3, -0.25) is 9.68 Å². The van der Waals surface area contributed by atoms with E-state index in [4.69, 9.17) is 11.8 Å². The fraction of sp³-hybridized carbons (Fsp3) is 0.250. The van der Waals surface area contributed by atoms with Crippen LogP contribution in [0.4, 0.5) is 0 Å². The van der Waals surface area contributed by atoms with E-state index in [0.717, 1.165) is 11.1 Å². The van der Waals surface area contributed by atoms with Crippen LogP contribution in [0.5, 0.6) is 0 Å². The third kappa shape index (κ3) is 9.24. The number of hydrogen-bond donors (Lipinski definition) is 2. The standard InChI is InChI=1S/2C7H9NO.C2H6/c2*8-9-6-7-4-2-1-3-5-7;1-2/h2*1-5H,6,8H2;1-2H3. The summed E-state index contributed by atoms with van der Waals surface area (Å²) in [4.78, 5) is 8.86. The van der Waals surface area contributed by atoms with Crippen LogP contribution >= 0.6 is 0 Å². The van der Waals surface area contributed by atoms with Crippen molar-refractivity contribution >= 4 is 0 Å². The number of rotatable bonds is 4. The van der Waals surface area contributed by atoms with Gasteiger partial charge < -0.3 is 0 Å². The maximum Gasteiger partial charge on any atom is 0.0930 e. The molecule has 4 nitrogen and oxygen atoms in total. The topological polar surface area (TPSA) is 70.5 Å². The average molecular weight is 276 g/mol. The molecule has 0 saturated heterocycles. The van der Waals surface area contributed by atoms with Crippen LogP contribution in [-0.2, 0) is 22.9 Å². The van der Waals surface area contributed by atoms with Gasteiger partial charge in [0.2, 0.25) is 0 Å². The highest BCUT2D eigenvalue weighted by Crippen LogP contribution is 1.98. The molecule has 0 aromatic heterocycles. The highest BCUT2D eigenvalue weighted by Gasteiger charge is 1.86. The van der Waals surface area contributed by atoms with Crippen molar-refractivity contribution in [2.75, 3.05) is 0 Å². The predicted molar refractivity (Wildman–Crippen MR) is 82.2 cm³/mol. The molecule has 0 amide bonds. The molecule has 4 heteroatoms. The molecule has 0 spiro atoms. The van der Waals surface area contributed by atoms with Gasteiger partial charge in [0.15, 0.2) is 0 Å². The number of benzene rings is 2. The fourth-order valence-electron chi connectivity index (χ4n) is 1.34. The van der Waals surface area contributed by atoms with Gasteiger partial charge in [0.05, 0.1) is 13.2 Å². The lowest BCUT2D eigenvalue weighted by Gasteiger charge is -1.94. The zero-order valence-corrected chi connectivity index (χ0v) is 12.2. The lowest BCUT2D eigenvalue weighted by atomic mass is 10.2. The molecule has 0 aliphatic rings. The summed E-state index contributed by atoms with van der Waals surface area (Å²) in [6.45, 7) is 4.97. The van der Waals surface area contributed by atoms with Gasteiger partial charge in [0.1, 0.15) is 0 Å². The summed E-state index contributed by atoms with van der Waals surface area (Å²) in [7, 11) is 0. The van der Waals surface area contributed by atoms with E-state index in [9.17, 15) is 0 Å². The van der Waals surface area contributed by atoms with E-state index in [-0.39, 0.29) is 0 Å². The van der Waals surface area contributed by atoms with Crippen LogP contribution < -0.4 is 11.8 Å². The minimum absolute atomic E-state index is 0.487. The first-order valence-electron chi connectivity index (χ1n) is 6.58. The van der Waals surface area contributed by atoms with Crippen LogP contribution in [0.25, 0.3) is 0 Å². The second-order valence-corrected chi connectivity index (χ2v) is 3.59. The molecule has 20 heavy (non-hydrogen) atoms. The minimum atomic E-state index is 0.487. The Morgan fingerprint density at radius 3 is 1.20 bits per heavy atom. The highest BCUT2D eigenvalue weighted by atomic mass is 16.6. The molecule has 2 aromatic carbocycles. The fourth-order valence-corrected chi connectivity index (χ4v) is 1.34. The van der Waals surface area contributed by atoms with Crippen LogP contribution in [0, 0.1) is 0 Å². The second kappa shape index (κ2) is 13.7. The van der Waals surface area contributed by atoms with Crippen LogP contribution in [0.1, 0.15) is 25.0 Å². The number of hydrogen-bond acceptors (Lipinski definition) is 4. The largest absolute Gasteiger partial charge is 0.300 e. The van der Waals surface area contributed by atoms with Crippen LogP contribution in [0.15, 0.2) is 60.7 Å². The summed E-state index contributed by atoms with van der Waals surface area (Å²) >= 11 is 0. The third-order valence-corrected chi connectivity index (χ3v) is 2.19. The van der Waals surface area contributed by atoms with E-state index in [0.29, 0.717) is 13.2 Å². The van der Waals surface area contributed by atoms with Crippen molar-refractivity contribution in [1.29, 1.82) is 0 Å². The molecule has 110 valence electrons. The smallest absolute Gasteiger partial charge is 0.0930 e. The van der Waals surface area contributed by atoms with Crippen molar-refractivity contribution in [2.45, 2.75) is 27.1 Å². The Hall–Kier alpha value is -1.72. The Kier molecular flexibility index (Phi) is 12.5. The molecule has 0 aliphatic carbocycles. The minimum Gasteiger partial charge on any atom is -0.300 e. The Balaban J connectivity index is 0.000000321. The van der Waals surface area contributed by atoms with E-state index >= 15 is 0 Å². The lowest BCUT2D eigenvalue weighted by Crippen LogP contribution is -1.97. The Morgan fingerprint density at radius 1 is 0.650 bits per heavy atom. The lowest BCUT2D eigenvalue weighted by molar-refractivity contribution is 0.124. The Bertz CT molecular complexity index is 366. The monoisotopic (exact) mass is 276 g/mol. The molecular weight excluding hydrogens is 252 g/mol. The molecule has 0 saturated carbocycles. The first-order chi connectivity index (χ1) is 9.86. The maximum atomic E-state index is 4.86. The normalized spacial score (nSPS) is 8.80. The molecular formula is C16H24N2O2. The van der Waals surface area contributed by atoms with Crippen LogP contribution in [0.3, 0.4) is 0 Å². The van der Waals surface area contributed by atoms with Gasteiger partial charge in [-0.15, -0.1) is 0 Å². The van der Waals surface area contributed by atoms with E-state index in [2.05, 4.69) is 9.68 Å². The van der Waals surface area contributed by atoms with Gasteiger partial charge >= 0.3 is 0 Å². The zero-order chi connectivity index (χ0) is 15.1. The molecule has 0 bridgehead atoms. The first-order valence-corrected chi connectivity index (χ1v) is 6.58. The van der Waals surface area contributed by atoms with E-state index < -0.39 is 0 Å². The van der Waals surface area contributed by atoms with Crippen molar-refractivity contribution in [3.63, 3.8) is 0 Å². The summed E-state index contributed by atoms with van der Waals surface area (Å²) in [5.41, 5.74) is 2.19. The molecule has 4 N–H and O–H groups in total. The van der Waals surface area contributed by atoms with Gasteiger partial charge in [0.25, 0.3) is 0 Å². The summed E-state index contributed by atoms with van der Waals surface area (Å²) in [5.74, 6) is 9.72. The van der Waals surface area contributed by atoms with E-state index in [1.807, 2.05) is 74.5 Å². The first kappa shape index (κ1) is 18.3. The van der Waals surface area contributed by atoms with Crippen LogP contribution in [0.2, 0.25) is 0 Å². The molecule has 0 atom stereocenters. The Morgan fingerprint density at radius 2 is 0.950 bits per heavy atom. The van der Waals surface area contributed by atoms with E-state index in [1.54, 1.807) is 0 Å². The summed E-state index contributed by atoms with van der Waals surface area (Å²) in [6.07, 6.45) is 0. The molecule has 2 rings (SSSR count). The molecule has 2 aromatic rings. The van der Waals surface area contributed by atoms with Gasteiger partial charge in [-0.1, -0.05) is 74.5 Å². The Labute approximate surface area is 121 Å². The van der Waals surface area contributed by atoms with Crippen molar-refractivity contribution in [3.8, 4) is 0 Å². The average Bonchev–Trinajstić information content (AvgIpc) is 2.53. The van der Waals surface area contributed by atoms with Gasteiger partial charge in [0, 0.05) is 0 Å². The highest BCUT2D eigenvalue weighted by molar-refractivity contribution is 5.13. The quantitative estimate of drug-likeness (QED) is 0.841. The predicted octanol–water partition coefficient (Wildman–Crippen LogP) is 3.18. The number of nitrogens with two attached hydrogens (primary N) is 2. The summed E-state index contributed by atoms with van der Waals surface area (Å²) in [6, 6.07) is 19.6. The van der Waals surface area contributed by atoms with Crippen LogP contribution in [-0.4, -0.2) is 0 Å². The zero-order valence-electron chi connectivity index (χ0n) is 12.2. The summed E-state index contributed by atoms with van der Waals surface area (Å²) < 4.78 is 0. The molecule has 0 fully saturated rings. The third-order valence-electron chi connectivity index (χ3n) is 2.19. The second-order valence-electron chi connectivity index (χ2n) is 3.59. The molecule has 0 radical (unpaired) electrons. The molecule has 0 aliphatic heterocycles. The van der Waals surface area contributed by atoms with Gasteiger partial charge in [-0.25, -0.2) is 11.8 Å². The van der Waals surface area contributed by atoms with Gasteiger partial charge in [-0.2, -0.15) is 0 Å². The van der Waals surface area contributed by atoms with Gasteiger partial charge in [-0.05, 0) is 11.1 Å². The summed E-state index contributed by atoms with van der Waals surface area (Å²) in [5, 5.41) is 0. The maximum absolute atomic E-state index is 4.86. The molecule has 0 unspecified atom stereocenters. The molecule has 0 heterocycles. The van der Waals surface area contributed by atoms with E-state index in [1.165, 1.54) is 0 Å². The van der Waals surface area contributed by atoms with Crippen molar-refractivity contribution in [1.82, 2.24) is 0 Å². The van der Waals surface area contributed by atoms with Crippen molar-refractivity contribution in [3.05, 3.63) is 71.8 Å². The van der Waals surface area contributed by atoms with Crippen molar-refractivity contribution < 1.29 is 9.68 Å². The van der Waals surface area contributed by atoms with Crippen molar-refractivity contribution in [2.24, 2.45) is 11.8 Å².